The fourth-order valence-electron chi connectivity index (χ4n) is 2.57. The lowest BCUT2D eigenvalue weighted by Gasteiger charge is -2.37. The lowest BCUT2D eigenvalue weighted by molar-refractivity contribution is -0.0326. The summed E-state index contributed by atoms with van der Waals surface area (Å²) in [4.78, 5) is 10.9. The summed E-state index contributed by atoms with van der Waals surface area (Å²) >= 11 is 0. The highest BCUT2D eigenvalue weighted by Crippen LogP contribution is 2.28. The quantitative estimate of drug-likeness (QED) is 0.814. The maximum Gasteiger partial charge on any atom is 0.156 e. The van der Waals surface area contributed by atoms with Crippen LogP contribution in [-0.4, -0.2) is 50.0 Å². The molecule has 6 nitrogen and oxygen atoms in total. The maximum atomic E-state index is 10.0. The summed E-state index contributed by atoms with van der Waals surface area (Å²) < 4.78 is 1.97. The molecule has 0 unspecified atom stereocenters. The SMILES string of the molecule is Cn1cnc2c(N3CCC(O)(CO)CC3)nccc21. The Hall–Kier alpha value is -1.66. The van der Waals surface area contributed by atoms with Gasteiger partial charge in [-0.2, -0.15) is 0 Å². The van der Waals surface area contributed by atoms with Crippen LogP contribution < -0.4 is 4.90 Å². The van der Waals surface area contributed by atoms with Gasteiger partial charge in [0.2, 0.25) is 0 Å². The normalized spacial score (nSPS) is 19.0. The van der Waals surface area contributed by atoms with Crippen molar-refractivity contribution >= 4 is 16.9 Å². The average molecular weight is 262 g/mol. The molecule has 1 saturated heterocycles. The molecule has 2 aromatic heterocycles. The van der Waals surface area contributed by atoms with E-state index in [1.807, 2.05) is 17.7 Å². The number of hydrogen-bond donors (Lipinski definition) is 2. The zero-order valence-corrected chi connectivity index (χ0v) is 11.0. The molecule has 0 bridgehead atoms. The van der Waals surface area contributed by atoms with Crippen molar-refractivity contribution < 1.29 is 10.2 Å². The number of aromatic nitrogens is 3. The van der Waals surface area contributed by atoms with Gasteiger partial charge in [-0.15, -0.1) is 0 Å². The highest BCUT2D eigenvalue weighted by molar-refractivity contribution is 5.86. The van der Waals surface area contributed by atoms with Gasteiger partial charge in [0, 0.05) is 26.3 Å². The molecule has 3 heterocycles. The van der Waals surface area contributed by atoms with Gasteiger partial charge in [0.25, 0.3) is 0 Å². The third-order valence-corrected chi connectivity index (χ3v) is 3.91. The predicted molar refractivity (Wildman–Crippen MR) is 72.0 cm³/mol. The van der Waals surface area contributed by atoms with Crippen LogP contribution in [0.5, 0.6) is 0 Å². The van der Waals surface area contributed by atoms with E-state index >= 15 is 0 Å². The monoisotopic (exact) mass is 262 g/mol. The minimum Gasteiger partial charge on any atom is -0.393 e. The van der Waals surface area contributed by atoms with Gasteiger partial charge >= 0.3 is 0 Å². The Morgan fingerprint density at radius 1 is 1.32 bits per heavy atom. The van der Waals surface area contributed by atoms with E-state index in [4.69, 9.17) is 0 Å². The standard InChI is InChI=1S/C13H18N4O2/c1-16-9-15-11-10(16)2-5-14-12(11)17-6-3-13(19,8-18)4-7-17/h2,5,9,18-19H,3-4,6-8H2,1H3. The van der Waals surface area contributed by atoms with Crippen LogP contribution in [0.3, 0.4) is 0 Å². The second-order valence-electron chi connectivity index (χ2n) is 5.23. The van der Waals surface area contributed by atoms with Crippen LogP contribution in [0.1, 0.15) is 12.8 Å². The molecular weight excluding hydrogens is 244 g/mol. The topological polar surface area (TPSA) is 74.4 Å². The molecule has 2 aromatic rings. The Labute approximate surface area is 111 Å². The number of aliphatic hydroxyl groups excluding tert-OH is 1. The Morgan fingerprint density at radius 3 is 2.74 bits per heavy atom. The first-order valence-corrected chi connectivity index (χ1v) is 6.47. The van der Waals surface area contributed by atoms with E-state index in [-0.39, 0.29) is 6.61 Å². The first kappa shape index (κ1) is 12.4. The second kappa shape index (κ2) is 4.47. The van der Waals surface area contributed by atoms with Crippen LogP contribution in [0.4, 0.5) is 5.82 Å². The van der Waals surface area contributed by atoms with Crippen LogP contribution in [-0.2, 0) is 7.05 Å². The molecule has 1 fully saturated rings. The van der Waals surface area contributed by atoms with Gasteiger partial charge in [-0.05, 0) is 18.9 Å². The van der Waals surface area contributed by atoms with Crippen molar-refractivity contribution in [3.8, 4) is 0 Å². The van der Waals surface area contributed by atoms with Crippen molar-refractivity contribution in [2.75, 3.05) is 24.6 Å². The minimum atomic E-state index is -0.936. The number of imidazole rings is 1. The van der Waals surface area contributed by atoms with Crippen molar-refractivity contribution in [3.05, 3.63) is 18.6 Å². The van der Waals surface area contributed by atoms with E-state index in [1.165, 1.54) is 0 Å². The van der Waals surface area contributed by atoms with Gasteiger partial charge in [0.1, 0.15) is 5.52 Å². The summed E-state index contributed by atoms with van der Waals surface area (Å²) in [6.07, 6.45) is 4.67. The Balaban J connectivity index is 1.90. The Bertz CT molecular complexity index is 587. The average Bonchev–Trinajstić information content (AvgIpc) is 2.82. The molecule has 0 aliphatic carbocycles. The molecule has 0 saturated carbocycles. The summed E-state index contributed by atoms with van der Waals surface area (Å²) in [7, 11) is 1.96. The van der Waals surface area contributed by atoms with Gasteiger partial charge < -0.3 is 19.7 Å². The van der Waals surface area contributed by atoms with Gasteiger partial charge in [0.15, 0.2) is 5.82 Å². The molecule has 6 heteroatoms. The van der Waals surface area contributed by atoms with Crippen molar-refractivity contribution in [3.63, 3.8) is 0 Å². The minimum absolute atomic E-state index is 0.179. The summed E-state index contributed by atoms with van der Waals surface area (Å²) in [5, 5.41) is 19.2. The highest BCUT2D eigenvalue weighted by Gasteiger charge is 2.32. The molecule has 0 spiro atoms. The number of pyridine rings is 1. The maximum absolute atomic E-state index is 10.0. The van der Waals surface area contributed by atoms with Crippen LogP contribution in [0.25, 0.3) is 11.0 Å². The third kappa shape index (κ3) is 2.06. The fraction of sp³-hybridized carbons (Fsp3) is 0.538. The summed E-state index contributed by atoms with van der Waals surface area (Å²) in [6, 6.07) is 1.94. The van der Waals surface area contributed by atoms with Crippen molar-refractivity contribution in [1.82, 2.24) is 14.5 Å². The van der Waals surface area contributed by atoms with Gasteiger partial charge in [-0.25, -0.2) is 9.97 Å². The van der Waals surface area contributed by atoms with Crippen molar-refractivity contribution in [2.45, 2.75) is 18.4 Å². The molecule has 0 amide bonds. The first-order valence-electron chi connectivity index (χ1n) is 6.47. The molecule has 1 aliphatic heterocycles. The van der Waals surface area contributed by atoms with E-state index in [1.54, 1.807) is 12.5 Å². The molecule has 102 valence electrons. The number of aliphatic hydroxyl groups is 2. The number of rotatable bonds is 2. The molecular formula is C13H18N4O2. The number of fused-ring (bicyclic) bond motifs is 1. The summed E-state index contributed by atoms with van der Waals surface area (Å²) in [5.74, 6) is 0.859. The van der Waals surface area contributed by atoms with Gasteiger partial charge in [0.05, 0.1) is 24.1 Å². The lowest BCUT2D eigenvalue weighted by Crippen LogP contribution is -2.47. The van der Waals surface area contributed by atoms with E-state index < -0.39 is 5.60 Å². The van der Waals surface area contributed by atoms with E-state index in [0.29, 0.717) is 25.9 Å². The zero-order chi connectivity index (χ0) is 13.5. The third-order valence-electron chi connectivity index (χ3n) is 3.91. The van der Waals surface area contributed by atoms with E-state index in [2.05, 4.69) is 14.9 Å². The second-order valence-corrected chi connectivity index (χ2v) is 5.23. The van der Waals surface area contributed by atoms with E-state index in [9.17, 15) is 10.2 Å². The Kier molecular flexibility index (Phi) is 2.91. The van der Waals surface area contributed by atoms with Crippen LogP contribution in [0, 0.1) is 0 Å². The number of nitrogens with zero attached hydrogens (tertiary/aromatic N) is 4. The number of anilines is 1. The molecule has 19 heavy (non-hydrogen) atoms. The fourth-order valence-corrected chi connectivity index (χ4v) is 2.57. The molecule has 0 aromatic carbocycles. The highest BCUT2D eigenvalue weighted by atomic mass is 16.3. The molecule has 3 rings (SSSR count). The Morgan fingerprint density at radius 2 is 2.05 bits per heavy atom. The number of hydrogen-bond acceptors (Lipinski definition) is 5. The number of piperidine rings is 1. The summed E-state index contributed by atoms with van der Waals surface area (Å²) in [6.45, 7) is 1.18. The smallest absolute Gasteiger partial charge is 0.156 e. The first-order chi connectivity index (χ1) is 9.13. The molecule has 2 N–H and O–H groups in total. The number of aryl methyl sites for hydroxylation is 1. The summed E-state index contributed by atoms with van der Waals surface area (Å²) in [5.41, 5.74) is 1.00. The largest absolute Gasteiger partial charge is 0.393 e. The molecule has 1 aliphatic rings. The van der Waals surface area contributed by atoms with Crippen LogP contribution in [0.15, 0.2) is 18.6 Å². The van der Waals surface area contributed by atoms with Crippen LogP contribution >= 0.6 is 0 Å². The lowest BCUT2D eigenvalue weighted by atomic mass is 9.92. The van der Waals surface area contributed by atoms with Crippen molar-refractivity contribution in [2.24, 2.45) is 7.05 Å². The predicted octanol–water partition coefficient (Wildman–Crippen LogP) is 0.292. The van der Waals surface area contributed by atoms with Crippen molar-refractivity contribution in [1.29, 1.82) is 0 Å². The van der Waals surface area contributed by atoms with Crippen LogP contribution in [0.2, 0.25) is 0 Å². The van der Waals surface area contributed by atoms with Gasteiger partial charge in [-0.3, -0.25) is 0 Å². The molecule has 0 radical (unpaired) electrons. The zero-order valence-electron chi connectivity index (χ0n) is 11.0. The van der Waals surface area contributed by atoms with E-state index in [0.717, 1.165) is 16.9 Å². The molecule has 0 atom stereocenters. The van der Waals surface area contributed by atoms with Gasteiger partial charge in [-0.1, -0.05) is 0 Å².